The molecule has 0 fully saturated rings. The molecule has 0 aliphatic carbocycles. The molecule has 3 heteroatoms. The molecule has 0 saturated heterocycles. The van der Waals surface area contributed by atoms with Gasteiger partial charge in [-0.25, -0.2) is 0 Å². The van der Waals surface area contributed by atoms with Crippen LogP contribution in [0.2, 0.25) is 0 Å². The van der Waals surface area contributed by atoms with E-state index in [0.717, 1.165) is 24.4 Å². The number of unbranched alkanes of at least 4 members (excludes halogenated alkanes) is 6. The van der Waals surface area contributed by atoms with Crippen LogP contribution in [0.1, 0.15) is 76.9 Å². The second-order valence-electron chi connectivity index (χ2n) is 5.61. The van der Waals surface area contributed by atoms with Gasteiger partial charge in [0.1, 0.15) is 5.75 Å². The van der Waals surface area contributed by atoms with E-state index in [0.29, 0.717) is 6.04 Å². The van der Waals surface area contributed by atoms with Crippen LogP contribution in [0.15, 0.2) is 18.3 Å². The fraction of sp³-hybridized carbons (Fsp3) is 0.722. The number of aromatic nitrogens is 1. The molecule has 0 amide bonds. The molecule has 0 radical (unpaired) electrons. The van der Waals surface area contributed by atoms with Crippen LogP contribution in [0, 0.1) is 0 Å². The Balaban J connectivity index is 2.39. The SMILES string of the molecule is CCCCCCCCCC(NCC)c1ncccc1OC. The summed E-state index contributed by atoms with van der Waals surface area (Å²) in [6.45, 7) is 5.37. The van der Waals surface area contributed by atoms with E-state index in [1.54, 1.807) is 7.11 Å². The van der Waals surface area contributed by atoms with E-state index in [9.17, 15) is 0 Å². The average Bonchev–Trinajstić information content (AvgIpc) is 2.53. The molecular formula is C18H32N2O. The van der Waals surface area contributed by atoms with Crippen molar-refractivity contribution in [1.82, 2.24) is 10.3 Å². The number of hydrogen-bond donors (Lipinski definition) is 1. The summed E-state index contributed by atoms with van der Waals surface area (Å²) in [5.74, 6) is 0.895. The topological polar surface area (TPSA) is 34.2 Å². The zero-order valence-electron chi connectivity index (χ0n) is 14.0. The quantitative estimate of drug-likeness (QED) is 0.557. The highest BCUT2D eigenvalue weighted by molar-refractivity contribution is 5.29. The third kappa shape index (κ3) is 6.94. The molecule has 1 atom stereocenters. The van der Waals surface area contributed by atoms with Gasteiger partial charge in [0.25, 0.3) is 0 Å². The maximum Gasteiger partial charge on any atom is 0.141 e. The Morgan fingerprint density at radius 3 is 2.48 bits per heavy atom. The molecular weight excluding hydrogens is 260 g/mol. The minimum atomic E-state index is 0.307. The minimum absolute atomic E-state index is 0.307. The third-order valence-corrected chi connectivity index (χ3v) is 3.90. The number of hydrogen-bond acceptors (Lipinski definition) is 3. The van der Waals surface area contributed by atoms with Gasteiger partial charge in [-0.15, -0.1) is 0 Å². The Kier molecular flexibility index (Phi) is 9.88. The highest BCUT2D eigenvalue weighted by Gasteiger charge is 2.15. The van der Waals surface area contributed by atoms with Gasteiger partial charge >= 0.3 is 0 Å². The van der Waals surface area contributed by atoms with Crippen molar-refractivity contribution in [3.05, 3.63) is 24.0 Å². The molecule has 1 aromatic heterocycles. The molecule has 0 bridgehead atoms. The average molecular weight is 292 g/mol. The minimum Gasteiger partial charge on any atom is -0.495 e. The monoisotopic (exact) mass is 292 g/mol. The molecule has 1 heterocycles. The number of ether oxygens (including phenoxy) is 1. The lowest BCUT2D eigenvalue weighted by Gasteiger charge is -2.19. The van der Waals surface area contributed by atoms with Crippen molar-refractivity contribution < 1.29 is 4.74 Å². The Morgan fingerprint density at radius 2 is 1.81 bits per heavy atom. The van der Waals surface area contributed by atoms with Crippen molar-refractivity contribution in [2.75, 3.05) is 13.7 Å². The van der Waals surface area contributed by atoms with Gasteiger partial charge in [0.15, 0.2) is 0 Å². The first-order chi connectivity index (χ1) is 10.3. The Hall–Kier alpha value is -1.09. The predicted octanol–water partition coefficient (Wildman–Crippen LogP) is 4.88. The van der Waals surface area contributed by atoms with Crippen molar-refractivity contribution in [3.8, 4) is 5.75 Å². The van der Waals surface area contributed by atoms with Crippen molar-refractivity contribution in [2.24, 2.45) is 0 Å². The second kappa shape index (κ2) is 11.6. The van der Waals surface area contributed by atoms with E-state index in [1.807, 2.05) is 18.3 Å². The number of pyridine rings is 1. The summed E-state index contributed by atoms with van der Waals surface area (Å²) < 4.78 is 5.44. The molecule has 0 saturated carbocycles. The van der Waals surface area contributed by atoms with Gasteiger partial charge in [-0.1, -0.05) is 58.8 Å². The fourth-order valence-corrected chi connectivity index (χ4v) is 2.72. The zero-order chi connectivity index (χ0) is 15.3. The molecule has 0 spiro atoms. The molecule has 0 aliphatic rings. The van der Waals surface area contributed by atoms with Gasteiger partial charge in [0.05, 0.1) is 18.8 Å². The molecule has 0 aromatic carbocycles. The molecule has 120 valence electrons. The predicted molar refractivity (Wildman–Crippen MR) is 89.8 cm³/mol. The molecule has 3 nitrogen and oxygen atoms in total. The van der Waals surface area contributed by atoms with Crippen LogP contribution in [0.3, 0.4) is 0 Å². The van der Waals surface area contributed by atoms with Crippen molar-refractivity contribution in [3.63, 3.8) is 0 Å². The number of nitrogens with one attached hydrogen (secondary N) is 1. The van der Waals surface area contributed by atoms with Crippen LogP contribution in [0.5, 0.6) is 5.75 Å². The normalized spacial score (nSPS) is 12.3. The first kappa shape index (κ1) is 18.0. The van der Waals surface area contributed by atoms with Gasteiger partial charge in [-0.3, -0.25) is 4.98 Å². The van der Waals surface area contributed by atoms with E-state index in [1.165, 1.54) is 44.9 Å². The highest BCUT2D eigenvalue weighted by atomic mass is 16.5. The van der Waals surface area contributed by atoms with Crippen LogP contribution in [-0.2, 0) is 0 Å². The number of nitrogens with zero attached hydrogens (tertiary/aromatic N) is 1. The van der Waals surface area contributed by atoms with Crippen molar-refractivity contribution in [2.45, 2.75) is 71.3 Å². The lowest BCUT2D eigenvalue weighted by Crippen LogP contribution is -2.22. The van der Waals surface area contributed by atoms with Crippen LogP contribution in [-0.4, -0.2) is 18.6 Å². The third-order valence-electron chi connectivity index (χ3n) is 3.90. The largest absolute Gasteiger partial charge is 0.495 e. The summed E-state index contributed by atoms with van der Waals surface area (Å²) in [4.78, 5) is 4.52. The lowest BCUT2D eigenvalue weighted by molar-refractivity contribution is 0.387. The van der Waals surface area contributed by atoms with Gasteiger partial charge in [0.2, 0.25) is 0 Å². The number of methoxy groups -OCH3 is 1. The van der Waals surface area contributed by atoms with E-state index in [-0.39, 0.29) is 0 Å². The summed E-state index contributed by atoms with van der Waals surface area (Å²) in [6.07, 6.45) is 12.4. The van der Waals surface area contributed by atoms with Crippen LogP contribution < -0.4 is 10.1 Å². The maximum absolute atomic E-state index is 5.44. The van der Waals surface area contributed by atoms with Gasteiger partial charge in [-0.2, -0.15) is 0 Å². The molecule has 0 aliphatic heterocycles. The van der Waals surface area contributed by atoms with E-state index < -0.39 is 0 Å². The van der Waals surface area contributed by atoms with Crippen LogP contribution in [0.25, 0.3) is 0 Å². The molecule has 1 aromatic rings. The second-order valence-corrected chi connectivity index (χ2v) is 5.61. The van der Waals surface area contributed by atoms with Gasteiger partial charge < -0.3 is 10.1 Å². The van der Waals surface area contributed by atoms with Gasteiger partial charge in [-0.05, 0) is 25.1 Å². The summed E-state index contributed by atoms with van der Waals surface area (Å²) in [7, 11) is 1.72. The summed E-state index contributed by atoms with van der Waals surface area (Å²) in [6, 6.07) is 4.23. The van der Waals surface area contributed by atoms with Crippen LogP contribution in [0.4, 0.5) is 0 Å². The Labute approximate surface area is 130 Å². The lowest BCUT2D eigenvalue weighted by atomic mass is 10.0. The summed E-state index contributed by atoms with van der Waals surface area (Å²) in [5, 5.41) is 3.54. The summed E-state index contributed by atoms with van der Waals surface area (Å²) in [5.41, 5.74) is 1.05. The highest BCUT2D eigenvalue weighted by Crippen LogP contribution is 2.26. The standard InChI is InChI=1S/C18H32N2O/c1-4-6-7-8-9-10-11-13-16(19-5-2)18-17(21-3)14-12-15-20-18/h12,14-16,19H,4-11,13H2,1-3H3. The Morgan fingerprint density at radius 1 is 1.10 bits per heavy atom. The van der Waals surface area contributed by atoms with Crippen LogP contribution >= 0.6 is 0 Å². The number of rotatable bonds is 12. The van der Waals surface area contributed by atoms with Crippen molar-refractivity contribution >= 4 is 0 Å². The zero-order valence-corrected chi connectivity index (χ0v) is 14.0. The first-order valence-electron chi connectivity index (χ1n) is 8.55. The van der Waals surface area contributed by atoms with Crippen molar-refractivity contribution in [1.29, 1.82) is 0 Å². The fourth-order valence-electron chi connectivity index (χ4n) is 2.72. The molecule has 1 rings (SSSR count). The smallest absolute Gasteiger partial charge is 0.141 e. The molecule has 1 unspecified atom stereocenters. The Bertz CT molecular complexity index is 368. The molecule has 1 N–H and O–H groups in total. The van der Waals surface area contributed by atoms with E-state index in [2.05, 4.69) is 24.1 Å². The first-order valence-corrected chi connectivity index (χ1v) is 8.55. The van der Waals surface area contributed by atoms with E-state index in [4.69, 9.17) is 4.74 Å². The maximum atomic E-state index is 5.44. The summed E-state index contributed by atoms with van der Waals surface area (Å²) >= 11 is 0. The van der Waals surface area contributed by atoms with E-state index >= 15 is 0 Å². The molecule has 21 heavy (non-hydrogen) atoms. The van der Waals surface area contributed by atoms with Gasteiger partial charge in [0, 0.05) is 6.20 Å².